The summed E-state index contributed by atoms with van der Waals surface area (Å²) in [5.74, 6) is 0.175. The van der Waals surface area contributed by atoms with E-state index in [1.807, 2.05) is 4.90 Å². The van der Waals surface area contributed by atoms with Gasteiger partial charge in [0.2, 0.25) is 0 Å². The van der Waals surface area contributed by atoms with Gasteiger partial charge in [-0.05, 0) is 25.7 Å². The Morgan fingerprint density at radius 2 is 2.00 bits per heavy atom. The molecule has 80 valence electrons. The van der Waals surface area contributed by atoms with Crippen molar-refractivity contribution in [3.05, 3.63) is 0 Å². The summed E-state index contributed by atoms with van der Waals surface area (Å²) in [6.45, 7) is 2.35. The molecule has 2 heterocycles. The number of nitrogens with zero attached hydrogens (tertiary/aromatic N) is 1. The molecule has 1 amide bonds. The summed E-state index contributed by atoms with van der Waals surface area (Å²) in [5, 5.41) is 0. The molecule has 0 aliphatic carbocycles. The van der Waals surface area contributed by atoms with Crippen molar-refractivity contribution in [2.24, 2.45) is 5.73 Å². The normalized spacial score (nSPS) is 29.5. The number of hydrogen-bond acceptors (Lipinski definition) is 3. The molecule has 4 nitrogen and oxygen atoms in total. The maximum atomic E-state index is 11.9. The third kappa shape index (κ3) is 2.07. The molecule has 0 aromatic rings. The summed E-state index contributed by atoms with van der Waals surface area (Å²) in [6, 6.07) is 0.281. The van der Waals surface area contributed by atoms with Crippen molar-refractivity contribution in [2.45, 2.75) is 37.8 Å². The number of amides is 1. The molecule has 0 aromatic carbocycles. The van der Waals surface area contributed by atoms with E-state index >= 15 is 0 Å². The SMILES string of the molecule is NC1CCN(C(=O)[C@H]2CCCO2)CC1. The van der Waals surface area contributed by atoms with Gasteiger partial charge < -0.3 is 15.4 Å². The highest BCUT2D eigenvalue weighted by molar-refractivity contribution is 5.81. The molecule has 2 N–H and O–H groups in total. The molecule has 0 radical (unpaired) electrons. The standard InChI is InChI=1S/C10H18N2O2/c11-8-3-5-12(6-4-8)10(13)9-2-1-7-14-9/h8-9H,1-7,11H2/t9-/m1/s1. The second-order valence-electron chi connectivity index (χ2n) is 4.16. The third-order valence-corrected chi connectivity index (χ3v) is 3.06. The van der Waals surface area contributed by atoms with E-state index in [0.29, 0.717) is 0 Å². The molecule has 2 aliphatic rings. The fourth-order valence-electron chi connectivity index (χ4n) is 2.10. The number of piperidine rings is 1. The van der Waals surface area contributed by atoms with Crippen LogP contribution in [-0.2, 0) is 9.53 Å². The number of nitrogens with two attached hydrogens (primary N) is 1. The molecule has 0 saturated carbocycles. The summed E-state index contributed by atoms with van der Waals surface area (Å²) in [7, 11) is 0. The van der Waals surface area contributed by atoms with Gasteiger partial charge >= 0.3 is 0 Å². The summed E-state index contributed by atoms with van der Waals surface area (Å²) in [4.78, 5) is 13.8. The molecule has 2 rings (SSSR count). The van der Waals surface area contributed by atoms with E-state index in [0.717, 1.165) is 45.4 Å². The molecule has 14 heavy (non-hydrogen) atoms. The molecule has 0 bridgehead atoms. The van der Waals surface area contributed by atoms with Crippen LogP contribution in [0.25, 0.3) is 0 Å². The quantitative estimate of drug-likeness (QED) is 0.651. The van der Waals surface area contributed by atoms with E-state index in [4.69, 9.17) is 10.5 Å². The zero-order valence-corrected chi connectivity index (χ0v) is 8.45. The summed E-state index contributed by atoms with van der Waals surface area (Å²) in [5.41, 5.74) is 5.78. The van der Waals surface area contributed by atoms with E-state index in [-0.39, 0.29) is 18.1 Å². The predicted octanol–water partition coefficient (Wildman–Crippen LogP) is 0.115. The minimum atomic E-state index is -0.163. The minimum Gasteiger partial charge on any atom is -0.368 e. The smallest absolute Gasteiger partial charge is 0.251 e. The van der Waals surface area contributed by atoms with Crippen molar-refractivity contribution in [2.75, 3.05) is 19.7 Å². The second kappa shape index (κ2) is 4.28. The Balaban J connectivity index is 1.85. The first-order chi connectivity index (χ1) is 6.77. The highest BCUT2D eigenvalue weighted by atomic mass is 16.5. The lowest BCUT2D eigenvalue weighted by Crippen LogP contribution is -2.46. The van der Waals surface area contributed by atoms with Gasteiger partial charge in [0, 0.05) is 25.7 Å². The van der Waals surface area contributed by atoms with Crippen molar-refractivity contribution in [1.82, 2.24) is 4.90 Å². The third-order valence-electron chi connectivity index (χ3n) is 3.06. The highest BCUT2D eigenvalue weighted by Gasteiger charge is 2.29. The van der Waals surface area contributed by atoms with Crippen LogP contribution < -0.4 is 5.73 Å². The molecular formula is C10H18N2O2. The van der Waals surface area contributed by atoms with Crippen LogP contribution in [0.5, 0.6) is 0 Å². The molecule has 2 aliphatic heterocycles. The van der Waals surface area contributed by atoms with Crippen LogP contribution in [0.2, 0.25) is 0 Å². The maximum Gasteiger partial charge on any atom is 0.251 e. The molecule has 1 atom stereocenters. The van der Waals surface area contributed by atoms with Crippen molar-refractivity contribution in [3.8, 4) is 0 Å². The van der Waals surface area contributed by atoms with Crippen LogP contribution in [0, 0.1) is 0 Å². The molecule has 2 saturated heterocycles. The van der Waals surface area contributed by atoms with Gasteiger partial charge in [0.05, 0.1) is 0 Å². The zero-order chi connectivity index (χ0) is 9.97. The molecule has 4 heteroatoms. The molecule has 2 fully saturated rings. The van der Waals surface area contributed by atoms with E-state index in [2.05, 4.69) is 0 Å². The summed E-state index contributed by atoms with van der Waals surface area (Å²) in [6.07, 6.45) is 3.60. The fraction of sp³-hybridized carbons (Fsp3) is 0.900. The van der Waals surface area contributed by atoms with Crippen LogP contribution in [0.15, 0.2) is 0 Å². The van der Waals surface area contributed by atoms with E-state index in [9.17, 15) is 4.79 Å². The minimum absolute atomic E-state index is 0.163. The number of carbonyl (C=O) groups excluding carboxylic acids is 1. The van der Waals surface area contributed by atoms with Crippen LogP contribution >= 0.6 is 0 Å². The van der Waals surface area contributed by atoms with Gasteiger partial charge in [0.1, 0.15) is 6.10 Å². The number of carbonyl (C=O) groups is 1. The van der Waals surface area contributed by atoms with Gasteiger partial charge in [-0.2, -0.15) is 0 Å². The van der Waals surface area contributed by atoms with E-state index < -0.39 is 0 Å². The number of rotatable bonds is 1. The topological polar surface area (TPSA) is 55.6 Å². The Hall–Kier alpha value is -0.610. The van der Waals surface area contributed by atoms with Crippen molar-refractivity contribution >= 4 is 5.91 Å². The molecule has 0 spiro atoms. The summed E-state index contributed by atoms with van der Waals surface area (Å²) >= 11 is 0. The van der Waals surface area contributed by atoms with E-state index in [1.165, 1.54) is 0 Å². The zero-order valence-electron chi connectivity index (χ0n) is 8.45. The first kappa shape index (κ1) is 9.93. The molecule has 0 unspecified atom stereocenters. The van der Waals surface area contributed by atoms with Crippen LogP contribution in [-0.4, -0.2) is 42.6 Å². The average molecular weight is 198 g/mol. The van der Waals surface area contributed by atoms with Gasteiger partial charge in [0.25, 0.3) is 5.91 Å². The van der Waals surface area contributed by atoms with Gasteiger partial charge in [-0.1, -0.05) is 0 Å². The van der Waals surface area contributed by atoms with Crippen LogP contribution in [0.3, 0.4) is 0 Å². The van der Waals surface area contributed by atoms with Crippen LogP contribution in [0.1, 0.15) is 25.7 Å². The number of likely N-dealkylation sites (tertiary alicyclic amines) is 1. The van der Waals surface area contributed by atoms with Crippen molar-refractivity contribution in [1.29, 1.82) is 0 Å². The second-order valence-corrected chi connectivity index (χ2v) is 4.16. The van der Waals surface area contributed by atoms with E-state index in [1.54, 1.807) is 0 Å². The predicted molar refractivity (Wildman–Crippen MR) is 52.8 cm³/mol. The first-order valence-electron chi connectivity index (χ1n) is 5.43. The van der Waals surface area contributed by atoms with Crippen molar-refractivity contribution in [3.63, 3.8) is 0 Å². The summed E-state index contributed by atoms with van der Waals surface area (Å²) < 4.78 is 5.37. The monoisotopic (exact) mass is 198 g/mol. The Morgan fingerprint density at radius 3 is 2.57 bits per heavy atom. The van der Waals surface area contributed by atoms with Gasteiger partial charge in [0.15, 0.2) is 0 Å². The Kier molecular flexibility index (Phi) is 3.03. The average Bonchev–Trinajstić information content (AvgIpc) is 2.71. The van der Waals surface area contributed by atoms with Gasteiger partial charge in [-0.25, -0.2) is 0 Å². The number of hydrogen-bond donors (Lipinski definition) is 1. The largest absolute Gasteiger partial charge is 0.368 e. The first-order valence-corrected chi connectivity index (χ1v) is 5.43. The maximum absolute atomic E-state index is 11.9. The lowest BCUT2D eigenvalue weighted by Gasteiger charge is -2.31. The lowest BCUT2D eigenvalue weighted by molar-refractivity contribution is -0.141. The molecule has 0 aromatic heterocycles. The Labute approximate surface area is 84.4 Å². The highest BCUT2D eigenvalue weighted by Crippen LogP contribution is 2.17. The number of ether oxygens (including phenoxy) is 1. The molecular weight excluding hydrogens is 180 g/mol. The van der Waals surface area contributed by atoms with Gasteiger partial charge in [-0.15, -0.1) is 0 Å². The Bertz CT molecular complexity index is 206. The lowest BCUT2D eigenvalue weighted by atomic mass is 10.1. The van der Waals surface area contributed by atoms with Crippen molar-refractivity contribution < 1.29 is 9.53 Å². The fourth-order valence-corrected chi connectivity index (χ4v) is 2.10. The van der Waals surface area contributed by atoms with Crippen LogP contribution in [0.4, 0.5) is 0 Å². The van der Waals surface area contributed by atoms with Gasteiger partial charge in [-0.3, -0.25) is 4.79 Å². The Morgan fingerprint density at radius 1 is 1.29 bits per heavy atom.